The highest BCUT2D eigenvalue weighted by atomic mass is 32.2. The topological polar surface area (TPSA) is 189 Å². The van der Waals surface area contributed by atoms with Gasteiger partial charge in [-0.1, -0.05) is 11.8 Å². The zero-order chi connectivity index (χ0) is 21.9. The van der Waals surface area contributed by atoms with Gasteiger partial charge in [-0.15, -0.1) is 28.6 Å². The van der Waals surface area contributed by atoms with Crippen molar-refractivity contribution >= 4 is 53.1 Å². The lowest BCUT2D eigenvalue weighted by Crippen LogP contribution is -2.81. The second-order valence-corrected chi connectivity index (χ2v) is 9.02. The van der Waals surface area contributed by atoms with Gasteiger partial charge in [-0.05, 0) is 16.0 Å². The first-order valence-electron chi connectivity index (χ1n) is 8.25. The van der Waals surface area contributed by atoms with Gasteiger partial charge >= 0.3 is 5.97 Å². The van der Waals surface area contributed by atoms with Gasteiger partial charge in [0.05, 0.1) is 17.6 Å². The molecule has 3 heterocycles. The van der Waals surface area contributed by atoms with Gasteiger partial charge < -0.3 is 10.4 Å². The molecule has 13 nitrogen and oxygen atoms in total. The smallest absolute Gasteiger partial charge is 0.352 e. The highest BCUT2D eigenvalue weighted by Crippen LogP contribution is 2.46. The minimum Gasteiger partial charge on any atom is -0.477 e. The molecule has 16 heteroatoms. The molecule has 1 aromatic rings. The van der Waals surface area contributed by atoms with E-state index in [9.17, 15) is 19.5 Å². The van der Waals surface area contributed by atoms with Crippen LogP contribution in [0.4, 0.5) is 0 Å². The Bertz CT molecular complexity index is 946. The van der Waals surface area contributed by atoms with Crippen LogP contribution in [-0.2, 0) is 26.3 Å². The Balaban J connectivity index is 1.78. The molecule has 30 heavy (non-hydrogen) atoms. The Labute approximate surface area is 182 Å². The summed E-state index contributed by atoms with van der Waals surface area (Å²) in [5, 5.41) is 31.4. The van der Waals surface area contributed by atoms with Gasteiger partial charge in [0.2, 0.25) is 11.1 Å². The number of rotatable bonds is 9. The summed E-state index contributed by atoms with van der Waals surface area (Å²) in [5.74, 6) is 3.30. The number of fused-ring (bicyclic) bond motifs is 1. The molecule has 1 aromatic heterocycles. The van der Waals surface area contributed by atoms with Crippen molar-refractivity contribution in [2.24, 2.45) is 12.9 Å². The van der Waals surface area contributed by atoms with E-state index in [1.807, 2.05) is 6.07 Å². The highest BCUT2D eigenvalue weighted by Gasteiger charge is 2.67. The molecular formula is C14H16N8O5S3. The van der Waals surface area contributed by atoms with Crippen LogP contribution < -0.4 is 11.2 Å². The van der Waals surface area contributed by atoms with Crippen LogP contribution in [0.15, 0.2) is 16.4 Å². The summed E-state index contributed by atoms with van der Waals surface area (Å²) in [7, 11) is 1.66. The molecular weight excluding hydrogens is 456 g/mol. The molecule has 2 atom stereocenters. The molecule has 160 valence electrons. The van der Waals surface area contributed by atoms with Crippen molar-refractivity contribution in [3.63, 3.8) is 0 Å². The summed E-state index contributed by atoms with van der Waals surface area (Å²) in [4.78, 5) is 42.8. The number of tetrazole rings is 1. The molecule has 0 bridgehead atoms. The first-order valence-corrected chi connectivity index (χ1v) is 11.4. The second-order valence-electron chi connectivity index (χ2n) is 6.02. The van der Waals surface area contributed by atoms with Crippen LogP contribution in [0, 0.1) is 11.3 Å². The molecule has 1 saturated heterocycles. The van der Waals surface area contributed by atoms with Crippen LogP contribution in [0.5, 0.6) is 0 Å². The molecule has 0 radical (unpaired) electrons. The minimum absolute atomic E-state index is 0.0708. The summed E-state index contributed by atoms with van der Waals surface area (Å²) < 4.78 is 1.45. The molecule has 0 unspecified atom stereocenters. The number of amides is 2. The van der Waals surface area contributed by atoms with Crippen molar-refractivity contribution in [2.75, 3.05) is 23.0 Å². The number of carbonyl (C=O) groups excluding carboxylic acids is 2. The van der Waals surface area contributed by atoms with Crippen molar-refractivity contribution in [3.8, 4) is 6.07 Å². The maximum Gasteiger partial charge on any atom is 0.352 e. The Hall–Kier alpha value is -2.32. The predicted molar refractivity (Wildman–Crippen MR) is 106 cm³/mol. The van der Waals surface area contributed by atoms with Crippen LogP contribution >= 0.6 is 35.3 Å². The molecule has 2 amide bonds. The van der Waals surface area contributed by atoms with Crippen LogP contribution in [0.3, 0.4) is 0 Å². The van der Waals surface area contributed by atoms with Gasteiger partial charge in [-0.3, -0.25) is 19.3 Å². The molecule has 0 saturated carbocycles. The van der Waals surface area contributed by atoms with E-state index in [1.165, 1.54) is 28.2 Å². The Morgan fingerprint density at radius 1 is 1.57 bits per heavy atom. The number of nitriles is 1. The number of aromatic nitrogens is 4. The summed E-state index contributed by atoms with van der Waals surface area (Å²) in [6, 6.07) is 1.89. The Kier molecular flexibility index (Phi) is 6.88. The molecule has 3 rings (SSSR count). The number of nitrogens with zero attached hydrogens (tertiary/aromatic N) is 6. The molecule has 0 spiro atoms. The summed E-state index contributed by atoms with van der Waals surface area (Å²) in [6.07, 6.45) is 0. The number of aliphatic carboxylic acids is 1. The van der Waals surface area contributed by atoms with Crippen LogP contribution in [-0.4, -0.2) is 82.1 Å². The highest BCUT2D eigenvalue weighted by molar-refractivity contribution is 8.01. The minimum atomic E-state index is -1.86. The van der Waals surface area contributed by atoms with Gasteiger partial charge in [-0.25, -0.2) is 15.4 Å². The standard InChI is InChI=1S/C14H16N8O5S3/c1-21-13(18-19-20-21)30-5-7-4-29-12-14(27-16,17-8(23)6-28-3-2-15)11(26)22(12)9(7)10(24)25/h12H,3-6,16H2,1H3,(H,17,23)(H,24,25)/t12-,14+/m1/s1. The van der Waals surface area contributed by atoms with E-state index in [2.05, 4.69) is 20.8 Å². The van der Waals surface area contributed by atoms with Gasteiger partial charge in [0.15, 0.2) is 0 Å². The number of carboxylic acid groups (broad SMARTS) is 1. The van der Waals surface area contributed by atoms with Crippen LogP contribution in [0.2, 0.25) is 0 Å². The normalized spacial score (nSPS) is 22.9. The summed E-state index contributed by atoms with van der Waals surface area (Å²) in [5.41, 5.74) is -1.53. The van der Waals surface area contributed by atoms with E-state index >= 15 is 0 Å². The van der Waals surface area contributed by atoms with Gasteiger partial charge in [0, 0.05) is 18.6 Å². The fourth-order valence-electron chi connectivity index (χ4n) is 2.88. The first-order chi connectivity index (χ1) is 14.4. The Morgan fingerprint density at radius 2 is 2.33 bits per heavy atom. The number of β-lactam (4-membered cyclic amide) rings is 1. The number of aryl methyl sites for hydroxylation is 1. The molecule has 4 N–H and O–H groups in total. The van der Waals surface area contributed by atoms with E-state index in [4.69, 9.17) is 16.0 Å². The molecule has 2 aliphatic rings. The number of nitrogens with two attached hydrogens (primary N) is 1. The van der Waals surface area contributed by atoms with Gasteiger partial charge in [0.25, 0.3) is 11.6 Å². The van der Waals surface area contributed by atoms with E-state index in [0.29, 0.717) is 10.7 Å². The number of carboxylic acids is 1. The molecule has 0 aromatic carbocycles. The Morgan fingerprint density at radius 3 is 2.93 bits per heavy atom. The largest absolute Gasteiger partial charge is 0.477 e. The van der Waals surface area contributed by atoms with Crippen LogP contribution in [0.1, 0.15) is 0 Å². The maximum absolute atomic E-state index is 12.9. The van der Waals surface area contributed by atoms with Crippen molar-refractivity contribution in [1.82, 2.24) is 30.4 Å². The van der Waals surface area contributed by atoms with Crippen molar-refractivity contribution in [1.29, 1.82) is 5.26 Å². The third-order valence-corrected chi connectivity index (χ3v) is 7.45. The SMILES string of the molecule is Cn1nnnc1SCC1=C(C(=O)O)N2C(=O)[C@](NC(=O)CSCC#N)(ON)[C@H]2SC1. The lowest BCUT2D eigenvalue weighted by atomic mass is 9.98. The van der Waals surface area contributed by atoms with E-state index < -0.39 is 28.9 Å². The van der Waals surface area contributed by atoms with Gasteiger partial charge in [0.1, 0.15) is 11.1 Å². The average molecular weight is 473 g/mol. The summed E-state index contributed by atoms with van der Waals surface area (Å²) >= 11 is 3.52. The van der Waals surface area contributed by atoms with Crippen molar-refractivity contribution in [3.05, 3.63) is 11.3 Å². The fourth-order valence-corrected chi connectivity index (χ4v) is 5.72. The van der Waals surface area contributed by atoms with E-state index in [0.717, 1.165) is 16.7 Å². The average Bonchev–Trinajstić information content (AvgIpc) is 3.14. The lowest BCUT2D eigenvalue weighted by molar-refractivity contribution is -0.199. The van der Waals surface area contributed by atoms with E-state index in [-0.39, 0.29) is 28.7 Å². The maximum atomic E-state index is 12.9. The second kappa shape index (κ2) is 9.22. The number of hydrogen-bond donors (Lipinski definition) is 3. The fraction of sp³-hybridized carbons (Fsp3) is 0.500. The predicted octanol–water partition coefficient (Wildman–Crippen LogP) is -1.48. The molecule has 2 aliphatic heterocycles. The zero-order valence-electron chi connectivity index (χ0n) is 15.5. The van der Waals surface area contributed by atoms with E-state index in [1.54, 1.807) is 7.05 Å². The van der Waals surface area contributed by atoms with Crippen LogP contribution in [0.25, 0.3) is 0 Å². The quantitative estimate of drug-likeness (QED) is 0.124. The third-order valence-electron chi connectivity index (χ3n) is 4.18. The lowest BCUT2D eigenvalue weighted by Gasteiger charge is -2.55. The number of carbonyl (C=O) groups is 3. The number of thioether (sulfide) groups is 3. The number of nitrogens with one attached hydrogen (secondary N) is 1. The zero-order valence-corrected chi connectivity index (χ0v) is 17.9. The first kappa shape index (κ1) is 22.4. The van der Waals surface area contributed by atoms with Gasteiger partial charge in [-0.2, -0.15) is 5.26 Å². The summed E-state index contributed by atoms with van der Waals surface area (Å²) in [6.45, 7) is 0. The van der Waals surface area contributed by atoms with Crippen molar-refractivity contribution in [2.45, 2.75) is 16.3 Å². The monoisotopic (exact) mass is 472 g/mol. The molecule has 0 aliphatic carbocycles. The van der Waals surface area contributed by atoms with Crippen molar-refractivity contribution < 1.29 is 24.3 Å². The molecule has 1 fully saturated rings. The number of hydrogen-bond acceptors (Lipinski definition) is 12. The third kappa shape index (κ3) is 3.98.